The van der Waals surface area contributed by atoms with Gasteiger partial charge in [-0.2, -0.15) is 0 Å². The zero-order valence-electron chi connectivity index (χ0n) is 17.2. The normalized spacial score (nSPS) is 15.1. The van der Waals surface area contributed by atoms with Crippen LogP contribution >= 0.6 is 34.3 Å². The number of para-hydroxylation sites is 1. The van der Waals surface area contributed by atoms with Gasteiger partial charge in [0.25, 0.3) is 5.91 Å². The van der Waals surface area contributed by atoms with Crippen molar-refractivity contribution in [3.8, 4) is 0 Å². The van der Waals surface area contributed by atoms with E-state index in [2.05, 4.69) is 40.2 Å². The molecule has 1 aliphatic rings. The van der Waals surface area contributed by atoms with Crippen LogP contribution in [0.1, 0.15) is 15.2 Å². The summed E-state index contributed by atoms with van der Waals surface area (Å²) in [4.78, 5) is 22.8. The Morgan fingerprint density at radius 1 is 1.06 bits per heavy atom. The first-order valence-corrected chi connectivity index (χ1v) is 12.4. The second-order valence-corrected chi connectivity index (χ2v) is 10.2. The molecule has 31 heavy (non-hydrogen) atoms. The van der Waals surface area contributed by atoms with Gasteiger partial charge >= 0.3 is 0 Å². The van der Waals surface area contributed by atoms with Crippen LogP contribution in [0.4, 0.5) is 5.13 Å². The molecule has 3 heterocycles. The summed E-state index contributed by atoms with van der Waals surface area (Å²) in [5.41, 5.74) is 2.35. The SMILES string of the molecule is Cc1cccc2sc(N3CCN(CCNC(=O)c4sc5ccccc5c4Cl)CC3)nc12. The molecular formula is C23H23ClN4OS2. The predicted octanol–water partition coefficient (Wildman–Crippen LogP) is 5.02. The van der Waals surface area contributed by atoms with Crippen LogP contribution in [-0.4, -0.2) is 55.1 Å². The first kappa shape index (κ1) is 20.7. The van der Waals surface area contributed by atoms with Gasteiger partial charge in [-0.25, -0.2) is 4.98 Å². The predicted molar refractivity (Wildman–Crippen MR) is 132 cm³/mol. The zero-order chi connectivity index (χ0) is 21.4. The Balaban J connectivity index is 1.13. The molecule has 0 unspecified atom stereocenters. The number of nitrogens with one attached hydrogen (secondary N) is 1. The van der Waals surface area contributed by atoms with E-state index >= 15 is 0 Å². The Morgan fingerprint density at radius 2 is 1.84 bits per heavy atom. The number of fused-ring (bicyclic) bond motifs is 2. The Bertz CT molecular complexity index is 1240. The standard InChI is InChI=1S/C23H23ClN4OS2/c1-15-5-4-8-18-20(15)26-23(31-18)28-13-11-27(12-14-28)10-9-25-22(29)21-19(24)16-6-2-3-7-17(16)30-21/h2-8H,9-14H2,1H3,(H,25,29). The van der Waals surface area contributed by atoms with Crippen LogP contribution < -0.4 is 10.2 Å². The van der Waals surface area contributed by atoms with Gasteiger partial charge in [-0.3, -0.25) is 9.69 Å². The van der Waals surface area contributed by atoms with Crippen molar-refractivity contribution in [1.82, 2.24) is 15.2 Å². The minimum Gasteiger partial charge on any atom is -0.350 e. The summed E-state index contributed by atoms with van der Waals surface area (Å²) in [5, 5.41) is 5.64. The summed E-state index contributed by atoms with van der Waals surface area (Å²) in [7, 11) is 0. The maximum atomic E-state index is 12.6. The highest BCUT2D eigenvalue weighted by Gasteiger charge is 2.21. The van der Waals surface area contributed by atoms with Crippen molar-refractivity contribution in [2.75, 3.05) is 44.2 Å². The number of anilines is 1. The summed E-state index contributed by atoms with van der Waals surface area (Å²) in [6, 6.07) is 14.2. The monoisotopic (exact) mass is 470 g/mol. The number of nitrogens with zero attached hydrogens (tertiary/aromatic N) is 3. The molecule has 1 amide bonds. The van der Waals surface area contributed by atoms with E-state index in [-0.39, 0.29) is 5.91 Å². The van der Waals surface area contributed by atoms with E-state index < -0.39 is 0 Å². The van der Waals surface area contributed by atoms with Crippen molar-refractivity contribution in [2.24, 2.45) is 0 Å². The summed E-state index contributed by atoms with van der Waals surface area (Å²) in [6.45, 7) is 7.40. The van der Waals surface area contributed by atoms with Gasteiger partial charge in [0.05, 0.1) is 15.2 Å². The number of thiazole rings is 1. The Hall–Kier alpha value is -2.19. The van der Waals surface area contributed by atoms with Crippen molar-refractivity contribution in [2.45, 2.75) is 6.92 Å². The number of halogens is 1. The first-order chi connectivity index (χ1) is 15.1. The van der Waals surface area contributed by atoms with Crippen LogP contribution in [0.5, 0.6) is 0 Å². The zero-order valence-corrected chi connectivity index (χ0v) is 19.6. The number of hydrogen-bond donors (Lipinski definition) is 1. The second-order valence-electron chi connectivity index (χ2n) is 7.74. The first-order valence-electron chi connectivity index (χ1n) is 10.4. The van der Waals surface area contributed by atoms with E-state index in [1.54, 1.807) is 11.3 Å². The van der Waals surface area contributed by atoms with Gasteiger partial charge in [0.1, 0.15) is 4.88 Å². The van der Waals surface area contributed by atoms with Crippen LogP contribution in [0.2, 0.25) is 5.02 Å². The molecule has 0 atom stereocenters. The number of rotatable bonds is 5. The quantitative estimate of drug-likeness (QED) is 0.444. The molecule has 0 aliphatic carbocycles. The van der Waals surface area contributed by atoms with Crippen LogP contribution in [0.15, 0.2) is 42.5 Å². The largest absolute Gasteiger partial charge is 0.350 e. The van der Waals surface area contributed by atoms with Crippen molar-refractivity contribution in [3.63, 3.8) is 0 Å². The third-order valence-corrected chi connectivity index (χ3v) is 8.46. The number of thiophene rings is 1. The fourth-order valence-electron chi connectivity index (χ4n) is 3.94. The average molecular weight is 471 g/mol. The molecule has 2 aromatic carbocycles. The second kappa shape index (κ2) is 8.74. The maximum Gasteiger partial charge on any atom is 0.262 e. The van der Waals surface area contributed by atoms with Gasteiger partial charge in [-0.15, -0.1) is 11.3 Å². The molecule has 0 bridgehead atoms. The summed E-state index contributed by atoms with van der Waals surface area (Å²) >= 11 is 9.64. The van der Waals surface area contributed by atoms with Crippen molar-refractivity contribution in [1.29, 1.82) is 0 Å². The van der Waals surface area contributed by atoms with Gasteiger partial charge in [-0.05, 0) is 24.6 Å². The molecule has 1 saturated heterocycles. The number of piperazine rings is 1. The van der Waals surface area contributed by atoms with E-state index in [9.17, 15) is 4.79 Å². The number of carbonyl (C=O) groups is 1. The van der Waals surface area contributed by atoms with Crippen LogP contribution in [-0.2, 0) is 0 Å². The average Bonchev–Trinajstić information content (AvgIpc) is 3.37. The summed E-state index contributed by atoms with van der Waals surface area (Å²) < 4.78 is 2.29. The minimum atomic E-state index is -0.0883. The highest BCUT2D eigenvalue weighted by molar-refractivity contribution is 7.22. The molecule has 5 nitrogen and oxygen atoms in total. The lowest BCUT2D eigenvalue weighted by Crippen LogP contribution is -2.48. The third kappa shape index (κ3) is 4.15. The number of aromatic nitrogens is 1. The van der Waals surface area contributed by atoms with E-state index in [1.165, 1.54) is 21.6 Å². The number of amides is 1. The fourth-order valence-corrected chi connectivity index (χ4v) is 6.47. The molecule has 1 aliphatic heterocycles. The van der Waals surface area contributed by atoms with Crippen LogP contribution in [0.3, 0.4) is 0 Å². The van der Waals surface area contributed by atoms with E-state index in [1.807, 2.05) is 24.3 Å². The van der Waals surface area contributed by atoms with Gasteiger partial charge in [0, 0.05) is 49.4 Å². The van der Waals surface area contributed by atoms with E-state index in [0.717, 1.165) is 53.5 Å². The Morgan fingerprint density at radius 3 is 2.61 bits per heavy atom. The molecule has 4 aromatic rings. The molecule has 5 rings (SSSR count). The van der Waals surface area contributed by atoms with Crippen LogP contribution in [0, 0.1) is 6.92 Å². The van der Waals surface area contributed by atoms with Gasteiger partial charge in [0.15, 0.2) is 5.13 Å². The molecule has 0 radical (unpaired) electrons. The lowest BCUT2D eigenvalue weighted by Gasteiger charge is -2.34. The van der Waals surface area contributed by atoms with E-state index in [4.69, 9.17) is 16.6 Å². The molecular weight excluding hydrogens is 448 g/mol. The number of benzene rings is 2. The van der Waals surface area contributed by atoms with Gasteiger partial charge < -0.3 is 10.2 Å². The Labute approximate surface area is 194 Å². The Kier molecular flexibility index (Phi) is 5.84. The molecule has 1 fully saturated rings. The molecule has 8 heteroatoms. The van der Waals surface area contributed by atoms with Crippen molar-refractivity contribution >= 4 is 65.6 Å². The van der Waals surface area contributed by atoms with Gasteiger partial charge in [0.2, 0.25) is 0 Å². The van der Waals surface area contributed by atoms with Crippen molar-refractivity contribution in [3.05, 3.63) is 57.9 Å². The van der Waals surface area contributed by atoms with Crippen LogP contribution in [0.25, 0.3) is 20.3 Å². The van der Waals surface area contributed by atoms with E-state index in [0.29, 0.717) is 16.4 Å². The molecule has 1 N–H and O–H groups in total. The maximum absolute atomic E-state index is 12.6. The minimum absolute atomic E-state index is 0.0883. The molecule has 0 spiro atoms. The number of hydrogen-bond acceptors (Lipinski definition) is 6. The summed E-state index contributed by atoms with van der Waals surface area (Å²) in [6.07, 6.45) is 0. The smallest absolute Gasteiger partial charge is 0.262 e. The highest BCUT2D eigenvalue weighted by Crippen LogP contribution is 2.35. The lowest BCUT2D eigenvalue weighted by atomic mass is 10.2. The topological polar surface area (TPSA) is 48.5 Å². The molecule has 0 saturated carbocycles. The molecule has 2 aromatic heterocycles. The van der Waals surface area contributed by atoms with Gasteiger partial charge in [-0.1, -0.05) is 53.3 Å². The summed E-state index contributed by atoms with van der Waals surface area (Å²) in [5.74, 6) is -0.0883. The third-order valence-electron chi connectivity index (χ3n) is 5.71. The number of carbonyl (C=O) groups excluding carboxylic acids is 1. The number of aryl methyl sites for hydroxylation is 1. The lowest BCUT2D eigenvalue weighted by molar-refractivity contribution is 0.0952. The molecule has 160 valence electrons. The highest BCUT2D eigenvalue weighted by atomic mass is 35.5. The fraction of sp³-hybridized carbons (Fsp3) is 0.304. The van der Waals surface area contributed by atoms with Crippen molar-refractivity contribution < 1.29 is 4.79 Å².